The number of ether oxygens (including phenoxy) is 1. The minimum Gasteiger partial charge on any atom is -0.494 e. The highest BCUT2D eigenvalue weighted by Gasteiger charge is 2.18. The lowest BCUT2D eigenvalue weighted by molar-refractivity contribution is 0.222. The largest absolute Gasteiger partial charge is 0.494 e. The first-order chi connectivity index (χ1) is 8.52. The molecule has 0 aliphatic heterocycles. The first-order valence-electron chi connectivity index (χ1n) is 5.30. The number of aliphatic hydroxyl groups excluding tert-OH is 1. The lowest BCUT2D eigenvalue weighted by Gasteiger charge is -2.11. The Morgan fingerprint density at radius 1 is 1.39 bits per heavy atom. The van der Waals surface area contributed by atoms with Crippen LogP contribution in [0, 0.1) is 12.7 Å². The zero-order valence-corrected chi connectivity index (χ0v) is 12.3. The summed E-state index contributed by atoms with van der Waals surface area (Å²) in [6, 6.07) is 6.32. The zero-order valence-electron chi connectivity index (χ0n) is 9.91. The van der Waals surface area contributed by atoms with Crippen LogP contribution in [0.2, 0.25) is 0 Å². The van der Waals surface area contributed by atoms with Gasteiger partial charge in [-0.1, -0.05) is 6.07 Å². The van der Waals surface area contributed by atoms with E-state index >= 15 is 0 Å². The monoisotopic (exact) mass is 330 g/mol. The molecular formula is C13H12BrFO2S. The van der Waals surface area contributed by atoms with E-state index in [2.05, 4.69) is 15.9 Å². The lowest BCUT2D eigenvalue weighted by Crippen LogP contribution is -1.99. The average Bonchev–Trinajstić information content (AvgIpc) is 2.68. The molecule has 1 aromatic heterocycles. The lowest BCUT2D eigenvalue weighted by atomic mass is 10.1. The highest BCUT2D eigenvalue weighted by molar-refractivity contribution is 9.10. The van der Waals surface area contributed by atoms with Gasteiger partial charge in [0.05, 0.1) is 12.0 Å². The normalized spacial score (nSPS) is 12.5. The van der Waals surface area contributed by atoms with E-state index in [1.807, 2.05) is 13.0 Å². The quantitative estimate of drug-likeness (QED) is 0.919. The van der Waals surface area contributed by atoms with E-state index in [1.54, 1.807) is 6.07 Å². The molecule has 1 unspecified atom stereocenters. The topological polar surface area (TPSA) is 29.5 Å². The van der Waals surface area contributed by atoms with Gasteiger partial charge in [-0.25, -0.2) is 4.39 Å². The predicted octanol–water partition coefficient (Wildman–Crippen LogP) is 4.05. The van der Waals surface area contributed by atoms with E-state index < -0.39 is 11.9 Å². The third-order valence-corrected chi connectivity index (χ3v) is 4.60. The zero-order chi connectivity index (χ0) is 13.3. The molecule has 0 spiro atoms. The summed E-state index contributed by atoms with van der Waals surface area (Å²) >= 11 is 4.91. The number of aliphatic hydroxyl groups is 1. The molecule has 5 heteroatoms. The number of aryl methyl sites for hydroxylation is 1. The Labute approximate surface area is 117 Å². The summed E-state index contributed by atoms with van der Waals surface area (Å²) in [4.78, 5) is 1.91. The molecule has 0 saturated carbocycles. The SMILES string of the molecule is COc1cc(C(O)c2sc(C)cc2Br)ccc1F. The number of thiophene rings is 1. The van der Waals surface area contributed by atoms with Crippen molar-refractivity contribution in [2.24, 2.45) is 0 Å². The van der Waals surface area contributed by atoms with Gasteiger partial charge in [0.15, 0.2) is 11.6 Å². The molecule has 0 saturated heterocycles. The van der Waals surface area contributed by atoms with Gasteiger partial charge in [-0.3, -0.25) is 0 Å². The highest BCUT2D eigenvalue weighted by atomic mass is 79.9. The second-order valence-corrected chi connectivity index (χ2v) is 6.01. The van der Waals surface area contributed by atoms with Gasteiger partial charge in [0.2, 0.25) is 0 Å². The molecule has 0 fully saturated rings. The van der Waals surface area contributed by atoms with Gasteiger partial charge in [-0.2, -0.15) is 0 Å². The summed E-state index contributed by atoms with van der Waals surface area (Å²) in [6.45, 7) is 1.97. The highest BCUT2D eigenvalue weighted by Crippen LogP contribution is 2.36. The number of halogens is 2. The van der Waals surface area contributed by atoms with E-state index in [-0.39, 0.29) is 5.75 Å². The number of rotatable bonds is 3. The molecule has 2 nitrogen and oxygen atoms in total. The number of hydrogen-bond donors (Lipinski definition) is 1. The maximum atomic E-state index is 13.3. The van der Waals surface area contributed by atoms with Crippen molar-refractivity contribution in [1.82, 2.24) is 0 Å². The van der Waals surface area contributed by atoms with Crippen LogP contribution in [0.1, 0.15) is 21.4 Å². The van der Waals surface area contributed by atoms with Gasteiger partial charge in [-0.05, 0) is 46.6 Å². The van der Waals surface area contributed by atoms with Crippen molar-refractivity contribution in [2.45, 2.75) is 13.0 Å². The van der Waals surface area contributed by atoms with Gasteiger partial charge in [0, 0.05) is 9.35 Å². The van der Waals surface area contributed by atoms with Gasteiger partial charge < -0.3 is 9.84 Å². The van der Waals surface area contributed by atoms with Crippen molar-refractivity contribution in [3.63, 3.8) is 0 Å². The smallest absolute Gasteiger partial charge is 0.165 e. The van der Waals surface area contributed by atoms with E-state index in [0.29, 0.717) is 5.56 Å². The maximum Gasteiger partial charge on any atom is 0.165 e. The minimum absolute atomic E-state index is 0.135. The Kier molecular flexibility index (Phi) is 4.04. The molecule has 1 heterocycles. The third-order valence-electron chi connectivity index (χ3n) is 2.58. The first kappa shape index (κ1) is 13.5. The van der Waals surface area contributed by atoms with Crippen LogP contribution in [-0.2, 0) is 0 Å². The Hall–Kier alpha value is -0.910. The maximum absolute atomic E-state index is 13.3. The number of methoxy groups -OCH3 is 1. The molecule has 1 atom stereocenters. The van der Waals surface area contributed by atoms with Crippen LogP contribution >= 0.6 is 27.3 Å². The fraction of sp³-hybridized carbons (Fsp3) is 0.231. The second-order valence-electron chi connectivity index (χ2n) is 3.87. The van der Waals surface area contributed by atoms with Crippen molar-refractivity contribution in [2.75, 3.05) is 7.11 Å². The summed E-state index contributed by atoms with van der Waals surface area (Å²) in [6.07, 6.45) is -0.785. The molecule has 0 radical (unpaired) electrons. The van der Waals surface area contributed by atoms with Crippen molar-refractivity contribution >= 4 is 27.3 Å². The van der Waals surface area contributed by atoms with E-state index in [1.165, 1.54) is 30.6 Å². The molecule has 2 rings (SSSR count). The van der Waals surface area contributed by atoms with Crippen LogP contribution in [0.4, 0.5) is 4.39 Å². The molecule has 1 aromatic carbocycles. The van der Waals surface area contributed by atoms with Gasteiger partial charge in [0.1, 0.15) is 6.10 Å². The van der Waals surface area contributed by atoms with Crippen molar-refractivity contribution in [3.8, 4) is 5.75 Å². The molecule has 96 valence electrons. The Morgan fingerprint density at radius 2 is 2.11 bits per heavy atom. The molecule has 0 bridgehead atoms. The summed E-state index contributed by atoms with van der Waals surface area (Å²) in [5.74, 6) is -0.300. The van der Waals surface area contributed by atoms with E-state index in [0.717, 1.165) is 14.2 Å². The first-order valence-corrected chi connectivity index (χ1v) is 6.91. The fourth-order valence-electron chi connectivity index (χ4n) is 1.69. The second kappa shape index (κ2) is 5.38. The summed E-state index contributed by atoms with van der Waals surface area (Å²) in [5.41, 5.74) is 0.607. The molecule has 2 aromatic rings. The van der Waals surface area contributed by atoms with Crippen LogP contribution in [0.25, 0.3) is 0 Å². The molecule has 0 aliphatic rings. The van der Waals surface area contributed by atoms with Gasteiger partial charge in [-0.15, -0.1) is 11.3 Å². The Balaban J connectivity index is 2.39. The van der Waals surface area contributed by atoms with Crippen LogP contribution in [0.5, 0.6) is 5.75 Å². The van der Waals surface area contributed by atoms with Crippen LogP contribution in [0.15, 0.2) is 28.7 Å². The fourth-order valence-corrected chi connectivity index (χ4v) is 3.57. The van der Waals surface area contributed by atoms with Crippen LogP contribution < -0.4 is 4.74 Å². The third kappa shape index (κ3) is 2.58. The number of benzene rings is 1. The van der Waals surface area contributed by atoms with E-state index in [4.69, 9.17) is 4.74 Å². The average molecular weight is 331 g/mol. The summed E-state index contributed by atoms with van der Waals surface area (Å²) < 4.78 is 19.1. The molecule has 1 N–H and O–H groups in total. The Bertz CT molecular complexity index is 568. The van der Waals surface area contributed by atoms with Crippen LogP contribution in [-0.4, -0.2) is 12.2 Å². The van der Waals surface area contributed by atoms with Crippen molar-refractivity contribution in [3.05, 3.63) is 49.9 Å². The standard InChI is InChI=1S/C13H12BrFO2S/c1-7-5-9(14)13(18-7)12(16)8-3-4-10(15)11(6-8)17-2/h3-6,12,16H,1-2H3. The van der Waals surface area contributed by atoms with Crippen LogP contribution in [0.3, 0.4) is 0 Å². The molecule has 0 aliphatic carbocycles. The molecule has 0 amide bonds. The summed E-state index contributed by atoms with van der Waals surface area (Å²) in [5, 5.41) is 10.3. The van der Waals surface area contributed by atoms with Crippen molar-refractivity contribution in [1.29, 1.82) is 0 Å². The van der Waals surface area contributed by atoms with Gasteiger partial charge in [0.25, 0.3) is 0 Å². The van der Waals surface area contributed by atoms with E-state index in [9.17, 15) is 9.50 Å². The minimum atomic E-state index is -0.785. The summed E-state index contributed by atoms with van der Waals surface area (Å²) in [7, 11) is 1.40. The number of hydrogen-bond acceptors (Lipinski definition) is 3. The molecule has 18 heavy (non-hydrogen) atoms. The Morgan fingerprint density at radius 3 is 2.67 bits per heavy atom. The van der Waals surface area contributed by atoms with Crippen molar-refractivity contribution < 1.29 is 14.2 Å². The predicted molar refractivity (Wildman–Crippen MR) is 73.8 cm³/mol. The van der Waals surface area contributed by atoms with Gasteiger partial charge >= 0.3 is 0 Å². The molecular weight excluding hydrogens is 319 g/mol.